The van der Waals surface area contributed by atoms with Gasteiger partial charge in [0.2, 0.25) is 41.4 Å². The zero-order valence-electron chi connectivity index (χ0n) is 33.7. The average molecular weight is 863 g/mol. The first kappa shape index (κ1) is 47.3. The van der Waals surface area contributed by atoms with Crippen molar-refractivity contribution in [3.8, 4) is 0 Å². The predicted molar refractivity (Wildman–Crippen MR) is 220 cm³/mol. The maximum Gasteiger partial charge on any atom is 0.326 e. The van der Waals surface area contributed by atoms with E-state index in [4.69, 9.17) is 11.5 Å². The zero-order chi connectivity index (χ0) is 45.7. The molecule has 0 bridgehead atoms. The fourth-order valence-electron chi connectivity index (χ4n) is 6.38. The summed E-state index contributed by atoms with van der Waals surface area (Å²) in [6.45, 7) is 1.56. The van der Waals surface area contributed by atoms with E-state index in [-0.39, 0.29) is 25.7 Å². The number of H-pyrrole nitrogens is 2. The molecule has 22 nitrogen and oxygen atoms in total. The second-order valence-corrected chi connectivity index (χ2v) is 14.6. The third-order valence-electron chi connectivity index (χ3n) is 9.75. The van der Waals surface area contributed by atoms with Crippen LogP contribution in [0.5, 0.6) is 0 Å². The van der Waals surface area contributed by atoms with Gasteiger partial charge in [0, 0.05) is 53.5 Å². The number of amides is 7. The van der Waals surface area contributed by atoms with Crippen molar-refractivity contribution in [1.29, 1.82) is 0 Å². The van der Waals surface area contributed by atoms with E-state index in [9.17, 15) is 58.5 Å². The molecule has 2 heterocycles. The highest BCUT2D eigenvalue weighted by atomic mass is 16.4. The van der Waals surface area contributed by atoms with Crippen LogP contribution in [-0.4, -0.2) is 127 Å². The maximum absolute atomic E-state index is 14.0. The lowest BCUT2D eigenvalue weighted by Crippen LogP contribution is -2.61. The van der Waals surface area contributed by atoms with Crippen LogP contribution < -0.4 is 43.4 Å². The van der Waals surface area contributed by atoms with Gasteiger partial charge in [-0.25, -0.2) is 4.79 Å². The molecule has 7 atom stereocenters. The molecule has 2 aromatic heterocycles. The van der Waals surface area contributed by atoms with E-state index in [0.29, 0.717) is 32.9 Å². The highest BCUT2D eigenvalue weighted by Crippen LogP contribution is 2.21. The Morgan fingerprint density at radius 3 is 1.50 bits per heavy atom. The predicted octanol–water partition coefficient (Wildman–Crippen LogP) is -2.47. The Labute approximate surface area is 353 Å². The Bertz CT molecular complexity index is 2310. The Morgan fingerprint density at radius 2 is 1.03 bits per heavy atom. The Balaban J connectivity index is 1.58. The molecule has 332 valence electrons. The molecule has 0 saturated heterocycles. The van der Waals surface area contributed by atoms with E-state index in [1.165, 1.54) is 13.8 Å². The fourth-order valence-corrected chi connectivity index (χ4v) is 6.38. The summed E-state index contributed by atoms with van der Waals surface area (Å²) in [6, 6.07) is 3.65. The van der Waals surface area contributed by atoms with E-state index in [1.807, 2.05) is 0 Å². The molecule has 0 radical (unpaired) electrons. The monoisotopic (exact) mass is 862 g/mol. The van der Waals surface area contributed by atoms with Gasteiger partial charge in [-0.05, 0) is 43.5 Å². The number of nitrogens with two attached hydrogens (primary N) is 2. The highest BCUT2D eigenvalue weighted by molar-refractivity contribution is 5.98. The molecule has 4 rings (SSSR count). The SMILES string of the molecule is CC(N)C(=O)NC(CC(=O)O)C(=O)NC(Cc1c[nH]c2ccccc12)C(=O)NC(CO)C(=O)NC(Cc1c[nH]c2ccccc12)C(=O)NC(C)C(=O)NC(CCC(N)=O)C(=O)O. The van der Waals surface area contributed by atoms with Gasteiger partial charge in [0.05, 0.1) is 19.1 Å². The maximum atomic E-state index is 14.0. The molecule has 0 fully saturated rings. The van der Waals surface area contributed by atoms with Crippen LogP contribution in [-0.2, 0) is 56.0 Å². The standard InChI is InChI=1S/C40H50N10O12/c1-19(41)34(55)47-30(15-33(53)54)38(59)48-29(14-22-17-44-26-10-6-4-8-24(22)26)37(58)50-31(18-51)39(60)49-28(13-21-16-43-25-9-5-3-7-23(21)25)36(57)45-20(2)35(56)46-27(40(61)62)11-12-32(42)52/h3-10,16-17,19-20,27-31,43-44,51H,11-15,18,41H2,1-2H3,(H2,42,52)(H,45,57)(H,46,56)(H,47,55)(H,48,59)(H,49,60)(H,50,58)(H,53,54)(H,61,62). The van der Waals surface area contributed by atoms with Gasteiger partial charge >= 0.3 is 11.9 Å². The van der Waals surface area contributed by atoms with Crippen molar-refractivity contribution < 1.29 is 58.5 Å². The summed E-state index contributed by atoms with van der Waals surface area (Å²) < 4.78 is 0. The highest BCUT2D eigenvalue weighted by Gasteiger charge is 2.34. The van der Waals surface area contributed by atoms with Gasteiger partial charge in [-0.3, -0.25) is 38.4 Å². The van der Waals surface area contributed by atoms with Gasteiger partial charge in [-0.2, -0.15) is 0 Å². The number of rotatable bonds is 23. The number of para-hydroxylation sites is 2. The number of aliphatic hydroxyl groups is 1. The minimum absolute atomic E-state index is 0.185. The summed E-state index contributed by atoms with van der Waals surface area (Å²) in [6.07, 6.45) is 1.24. The summed E-state index contributed by atoms with van der Waals surface area (Å²) in [4.78, 5) is 121. The van der Waals surface area contributed by atoms with E-state index in [0.717, 1.165) is 0 Å². The molecule has 2 aromatic carbocycles. The topological polar surface area (TPSA) is 370 Å². The Morgan fingerprint density at radius 1 is 0.597 bits per heavy atom. The summed E-state index contributed by atoms with van der Waals surface area (Å²) in [5.74, 6) is -9.53. The number of aromatic amines is 2. The van der Waals surface area contributed by atoms with Crippen molar-refractivity contribution in [3.63, 3.8) is 0 Å². The number of carboxylic acids is 2. The Hall–Kier alpha value is -7.33. The van der Waals surface area contributed by atoms with Gasteiger partial charge in [-0.15, -0.1) is 0 Å². The van der Waals surface area contributed by atoms with Crippen molar-refractivity contribution in [1.82, 2.24) is 41.9 Å². The average Bonchev–Trinajstić information content (AvgIpc) is 3.83. The minimum atomic E-state index is -1.75. The first-order valence-corrected chi connectivity index (χ1v) is 19.4. The normalized spacial score (nSPS) is 14.5. The second kappa shape index (κ2) is 21.8. The van der Waals surface area contributed by atoms with Crippen molar-refractivity contribution >= 4 is 75.1 Å². The van der Waals surface area contributed by atoms with E-state index < -0.39 is 109 Å². The number of aliphatic hydroxyl groups excluding tert-OH is 1. The number of aromatic nitrogens is 2. The summed E-state index contributed by atoms with van der Waals surface area (Å²) in [7, 11) is 0. The quantitative estimate of drug-likeness (QED) is 0.0368. The molecule has 4 aromatic rings. The number of carbonyl (C=O) groups excluding carboxylic acids is 7. The van der Waals surface area contributed by atoms with Crippen LogP contribution >= 0.6 is 0 Å². The van der Waals surface area contributed by atoms with Crippen LogP contribution in [0.4, 0.5) is 0 Å². The largest absolute Gasteiger partial charge is 0.481 e. The second-order valence-electron chi connectivity index (χ2n) is 14.6. The summed E-state index contributed by atoms with van der Waals surface area (Å²) in [5, 5.41) is 45.0. The van der Waals surface area contributed by atoms with Crippen molar-refractivity contribution in [2.24, 2.45) is 11.5 Å². The molecule has 0 aliphatic carbocycles. The molecule has 7 amide bonds. The molecular weight excluding hydrogens is 812 g/mol. The minimum Gasteiger partial charge on any atom is -0.481 e. The lowest BCUT2D eigenvalue weighted by atomic mass is 10.0. The first-order valence-electron chi connectivity index (χ1n) is 19.4. The van der Waals surface area contributed by atoms with Gasteiger partial charge in [0.1, 0.15) is 36.3 Å². The molecule has 0 saturated carbocycles. The van der Waals surface area contributed by atoms with Crippen molar-refractivity contribution in [2.45, 2.75) is 88.2 Å². The third-order valence-corrected chi connectivity index (χ3v) is 9.75. The number of hydrogen-bond donors (Lipinski definition) is 13. The third kappa shape index (κ3) is 13.1. The number of aliphatic carboxylic acids is 2. The van der Waals surface area contributed by atoms with Crippen LogP contribution in [0, 0.1) is 0 Å². The number of benzene rings is 2. The smallest absolute Gasteiger partial charge is 0.326 e. The van der Waals surface area contributed by atoms with Crippen molar-refractivity contribution in [2.75, 3.05) is 6.61 Å². The van der Waals surface area contributed by atoms with Crippen molar-refractivity contribution in [3.05, 3.63) is 72.1 Å². The number of nitrogens with one attached hydrogen (secondary N) is 8. The Kier molecular flexibility index (Phi) is 16.6. The van der Waals surface area contributed by atoms with Crippen LogP contribution in [0.25, 0.3) is 21.8 Å². The molecule has 0 spiro atoms. The number of fused-ring (bicyclic) bond motifs is 2. The van der Waals surface area contributed by atoms with Gasteiger partial charge in [0.25, 0.3) is 0 Å². The number of primary amides is 1. The van der Waals surface area contributed by atoms with Crippen LogP contribution in [0.2, 0.25) is 0 Å². The molecular formula is C40H50N10O12. The molecule has 62 heavy (non-hydrogen) atoms. The number of hydrogen-bond acceptors (Lipinski definition) is 11. The molecule has 0 aliphatic heterocycles. The van der Waals surface area contributed by atoms with Crippen LogP contribution in [0.3, 0.4) is 0 Å². The van der Waals surface area contributed by atoms with Gasteiger partial charge in [-0.1, -0.05) is 36.4 Å². The summed E-state index contributed by atoms with van der Waals surface area (Å²) >= 11 is 0. The lowest BCUT2D eigenvalue weighted by Gasteiger charge is -2.26. The van der Waals surface area contributed by atoms with E-state index in [1.54, 1.807) is 60.9 Å². The molecule has 22 heteroatoms. The van der Waals surface area contributed by atoms with Gasteiger partial charge < -0.3 is 68.7 Å². The number of carboxylic acid groups (broad SMARTS) is 2. The van der Waals surface area contributed by atoms with E-state index >= 15 is 0 Å². The molecule has 0 aliphatic rings. The van der Waals surface area contributed by atoms with Crippen LogP contribution in [0.15, 0.2) is 60.9 Å². The van der Waals surface area contributed by atoms with Gasteiger partial charge in [0.15, 0.2) is 0 Å². The zero-order valence-corrected chi connectivity index (χ0v) is 33.7. The molecule has 7 unspecified atom stereocenters. The lowest BCUT2D eigenvalue weighted by molar-refractivity contribution is -0.142. The molecule has 15 N–H and O–H groups in total. The van der Waals surface area contributed by atoms with Crippen LogP contribution in [0.1, 0.15) is 44.2 Å². The van der Waals surface area contributed by atoms with E-state index in [2.05, 4.69) is 41.9 Å². The first-order chi connectivity index (χ1) is 29.4. The number of carbonyl (C=O) groups is 9. The fraction of sp³-hybridized carbons (Fsp3) is 0.375. The summed E-state index contributed by atoms with van der Waals surface area (Å²) in [5.41, 5.74) is 13.2.